The smallest absolute Gasteiger partial charge is 0.360 e. The lowest BCUT2D eigenvalue weighted by molar-refractivity contribution is -0.132. The van der Waals surface area contributed by atoms with E-state index in [0.717, 1.165) is 0 Å². The average Bonchev–Trinajstić information content (AvgIpc) is 2.81. The number of esters is 1. The summed E-state index contributed by atoms with van der Waals surface area (Å²) in [5.41, 5.74) is 6.10. The number of likely N-dealkylation sites (N-methyl/N-ethyl adjacent to an activating group) is 1. The second-order valence-corrected chi connectivity index (χ2v) is 4.73. The number of nitrogen functional groups attached to an aromatic ring is 1. The molecule has 0 radical (unpaired) electrons. The number of nitrogens with zero attached hydrogens (tertiary/aromatic N) is 3. The van der Waals surface area contributed by atoms with Crippen molar-refractivity contribution in [1.82, 2.24) is 14.5 Å². The van der Waals surface area contributed by atoms with Crippen LogP contribution >= 0.6 is 0 Å². The van der Waals surface area contributed by atoms with Gasteiger partial charge in [-0.1, -0.05) is 6.92 Å². The van der Waals surface area contributed by atoms with E-state index in [-0.39, 0.29) is 24.0 Å². The molecule has 0 aliphatic rings. The Kier molecular flexibility index (Phi) is 5.75. The van der Waals surface area contributed by atoms with Crippen LogP contribution in [0.25, 0.3) is 0 Å². The van der Waals surface area contributed by atoms with Crippen molar-refractivity contribution in [1.29, 1.82) is 0 Å². The Morgan fingerprint density at radius 2 is 2.00 bits per heavy atom. The van der Waals surface area contributed by atoms with Gasteiger partial charge < -0.3 is 19.9 Å². The third-order valence-corrected chi connectivity index (χ3v) is 3.40. The van der Waals surface area contributed by atoms with Crippen molar-refractivity contribution in [2.24, 2.45) is 0 Å². The Morgan fingerprint density at radius 1 is 1.38 bits per heavy atom. The van der Waals surface area contributed by atoms with Crippen molar-refractivity contribution in [3.63, 3.8) is 0 Å². The molecule has 1 amide bonds. The van der Waals surface area contributed by atoms with E-state index in [9.17, 15) is 9.59 Å². The van der Waals surface area contributed by atoms with Gasteiger partial charge in [-0.15, -0.1) is 0 Å². The first kappa shape index (κ1) is 17.0. The van der Waals surface area contributed by atoms with Gasteiger partial charge in [0.25, 0.3) is 0 Å². The molecule has 1 aromatic heterocycles. The molecule has 0 aliphatic heterocycles. The molecule has 0 aromatic carbocycles. The molecule has 2 N–H and O–H groups in total. The first-order valence-corrected chi connectivity index (χ1v) is 7.17. The van der Waals surface area contributed by atoms with Crippen LogP contribution in [0.3, 0.4) is 0 Å². The molecule has 0 aliphatic carbocycles. The number of carbonyl (C=O) groups excluding carboxylic acids is 2. The van der Waals surface area contributed by atoms with E-state index in [2.05, 4.69) is 4.98 Å². The standard InChI is InChI=1S/C14H24N4O3/c1-6-10-16-11(14(20)21-8-3)12(15)18(10)9(4)13(19)17(5)7-2/h9H,6-8,15H2,1-5H3. The summed E-state index contributed by atoms with van der Waals surface area (Å²) in [4.78, 5) is 30.0. The molecule has 1 heterocycles. The lowest BCUT2D eigenvalue weighted by Crippen LogP contribution is -2.34. The van der Waals surface area contributed by atoms with E-state index in [1.165, 1.54) is 0 Å². The highest BCUT2D eigenvalue weighted by molar-refractivity contribution is 5.93. The third-order valence-electron chi connectivity index (χ3n) is 3.40. The van der Waals surface area contributed by atoms with Gasteiger partial charge in [0.05, 0.1) is 6.61 Å². The van der Waals surface area contributed by atoms with Crippen LogP contribution in [0.4, 0.5) is 5.82 Å². The lowest BCUT2D eigenvalue weighted by Gasteiger charge is -2.22. The van der Waals surface area contributed by atoms with Crippen LogP contribution in [-0.2, 0) is 16.0 Å². The van der Waals surface area contributed by atoms with Crippen LogP contribution in [0.15, 0.2) is 0 Å². The summed E-state index contributed by atoms with van der Waals surface area (Å²) in [5.74, 6) is 0.134. The molecule has 118 valence electrons. The van der Waals surface area contributed by atoms with Crippen molar-refractivity contribution in [2.45, 2.75) is 40.2 Å². The summed E-state index contributed by atoms with van der Waals surface area (Å²) in [6, 6.07) is -0.513. The second kappa shape index (κ2) is 7.10. The number of imidazole rings is 1. The molecule has 1 aromatic rings. The topological polar surface area (TPSA) is 90.4 Å². The minimum absolute atomic E-state index is 0.0764. The molecule has 0 fully saturated rings. The Balaban J connectivity index is 3.23. The van der Waals surface area contributed by atoms with E-state index in [4.69, 9.17) is 10.5 Å². The van der Waals surface area contributed by atoms with Crippen LogP contribution < -0.4 is 5.73 Å². The SMILES string of the molecule is CCOC(=O)c1nc(CC)n(C(C)C(=O)N(C)CC)c1N. The zero-order chi connectivity index (χ0) is 16.2. The highest BCUT2D eigenvalue weighted by Crippen LogP contribution is 2.23. The molecule has 0 saturated heterocycles. The fourth-order valence-corrected chi connectivity index (χ4v) is 2.11. The summed E-state index contributed by atoms with van der Waals surface area (Å²) in [5, 5.41) is 0. The summed E-state index contributed by atoms with van der Waals surface area (Å²) in [6.07, 6.45) is 0.567. The quantitative estimate of drug-likeness (QED) is 0.798. The van der Waals surface area contributed by atoms with Crippen LogP contribution in [0.1, 0.15) is 50.0 Å². The molecule has 1 rings (SSSR count). The second-order valence-electron chi connectivity index (χ2n) is 4.73. The Bertz CT molecular complexity index is 525. The molecule has 0 spiro atoms. The van der Waals surface area contributed by atoms with Gasteiger partial charge >= 0.3 is 5.97 Å². The Hall–Kier alpha value is -2.05. The van der Waals surface area contributed by atoms with Gasteiger partial charge in [0.15, 0.2) is 5.69 Å². The van der Waals surface area contributed by atoms with Gasteiger partial charge in [-0.3, -0.25) is 4.79 Å². The molecule has 7 nitrogen and oxygen atoms in total. The zero-order valence-electron chi connectivity index (χ0n) is 13.3. The predicted molar refractivity (Wildman–Crippen MR) is 80.0 cm³/mol. The Morgan fingerprint density at radius 3 is 2.48 bits per heavy atom. The van der Waals surface area contributed by atoms with Gasteiger partial charge in [0.1, 0.15) is 17.7 Å². The third kappa shape index (κ3) is 3.34. The number of ether oxygens (including phenoxy) is 1. The maximum atomic E-state index is 12.3. The van der Waals surface area contributed by atoms with E-state index < -0.39 is 12.0 Å². The summed E-state index contributed by atoms with van der Waals surface area (Å²) in [7, 11) is 1.73. The van der Waals surface area contributed by atoms with E-state index in [0.29, 0.717) is 18.8 Å². The number of hydrogen-bond donors (Lipinski definition) is 1. The fourth-order valence-electron chi connectivity index (χ4n) is 2.11. The monoisotopic (exact) mass is 296 g/mol. The van der Waals surface area contributed by atoms with Crippen LogP contribution in [0.2, 0.25) is 0 Å². The van der Waals surface area contributed by atoms with Crippen LogP contribution in [-0.4, -0.2) is 46.5 Å². The van der Waals surface area contributed by atoms with Crippen molar-refractivity contribution < 1.29 is 14.3 Å². The highest BCUT2D eigenvalue weighted by atomic mass is 16.5. The number of aromatic nitrogens is 2. The zero-order valence-corrected chi connectivity index (χ0v) is 13.3. The maximum Gasteiger partial charge on any atom is 0.360 e. The number of carbonyl (C=O) groups is 2. The molecular weight excluding hydrogens is 272 g/mol. The van der Waals surface area contributed by atoms with E-state index in [1.54, 1.807) is 30.4 Å². The first-order chi connectivity index (χ1) is 9.88. The summed E-state index contributed by atoms with van der Waals surface area (Å²) < 4.78 is 6.55. The van der Waals surface area contributed by atoms with Crippen molar-refractivity contribution in [3.05, 3.63) is 11.5 Å². The van der Waals surface area contributed by atoms with E-state index >= 15 is 0 Å². The van der Waals surface area contributed by atoms with Gasteiger partial charge in [0.2, 0.25) is 5.91 Å². The molecule has 0 saturated carbocycles. The highest BCUT2D eigenvalue weighted by Gasteiger charge is 2.27. The van der Waals surface area contributed by atoms with E-state index in [1.807, 2.05) is 13.8 Å². The van der Waals surface area contributed by atoms with Gasteiger partial charge in [-0.05, 0) is 20.8 Å². The number of amides is 1. The fraction of sp³-hybridized carbons (Fsp3) is 0.643. The van der Waals surface area contributed by atoms with Crippen molar-refractivity contribution >= 4 is 17.7 Å². The van der Waals surface area contributed by atoms with Gasteiger partial charge in [0, 0.05) is 20.0 Å². The molecule has 21 heavy (non-hydrogen) atoms. The number of anilines is 1. The van der Waals surface area contributed by atoms with Gasteiger partial charge in [-0.25, -0.2) is 9.78 Å². The minimum Gasteiger partial charge on any atom is -0.461 e. The normalized spacial score (nSPS) is 12.0. The summed E-state index contributed by atoms with van der Waals surface area (Å²) in [6.45, 7) is 8.11. The first-order valence-electron chi connectivity index (χ1n) is 7.17. The largest absolute Gasteiger partial charge is 0.461 e. The Labute approximate surface area is 125 Å². The predicted octanol–water partition coefficient (Wildman–Crippen LogP) is 1.24. The molecule has 0 bridgehead atoms. The number of hydrogen-bond acceptors (Lipinski definition) is 5. The molecule has 7 heteroatoms. The molecule has 1 atom stereocenters. The lowest BCUT2D eigenvalue weighted by atomic mass is 10.2. The molecule has 1 unspecified atom stereocenters. The van der Waals surface area contributed by atoms with Crippen LogP contribution in [0.5, 0.6) is 0 Å². The van der Waals surface area contributed by atoms with Crippen molar-refractivity contribution in [3.8, 4) is 0 Å². The minimum atomic E-state index is -0.563. The average molecular weight is 296 g/mol. The number of rotatable bonds is 6. The molecular formula is C14H24N4O3. The van der Waals surface area contributed by atoms with Gasteiger partial charge in [-0.2, -0.15) is 0 Å². The number of nitrogens with two attached hydrogens (primary N) is 1. The summed E-state index contributed by atoms with van der Waals surface area (Å²) >= 11 is 0. The number of aryl methyl sites for hydroxylation is 1. The maximum absolute atomic E-state index is 12.3. The van der Waals surface area contributed by atoms with Crippen molar-refractivity contribution in [2.75, 3.05) is 25.9 Å². The van der Waals surface area contributed by atoms with Crippen LogP contribution in [0, 0.1) is 0 Å².